The van der Waals surface area contributed by atoms with Crippen LogP contribution in [0.25, 0.3) is 0 Å². The fourth-order valence-corrected chi connectivity index (χ4v) is 2.65. The minimum atomic E-state index is 0.762. The summed E-state index contributed by atoms with van der Waals surface area (Å²) in [6, 6.07) is 18.5. The number of fused-ring (bicyclic) bond motifs is 1. The Morgan fingerprint density at radius 1 is 0.941 bits per heavy atom. The van der Waals surface area contributed by atoms with Crippen LogP contribution in [0, 0.1) is 0 Å². The maximum atomic E-state index is 4.53. The number of para-hydroxylation sites is 1. The highest BCUT2D eigenvalue weighted by Crippen LogP contribution is 2.29. The molecule has 2 aromatic rings. The predicted molar refractivity (Wildman–Crippen MR) is 73.5 cm³/mol. The van der Waals surface area contributed by atoms with E-state index in [4.69, 9.17) is 0 Å². The molecule has 17 heavy (non-hydrogen) atoms. The molecule has 0 saturated heterocycles. The molecule has 0 unspecified atom stereocenters. The molecule has 84 valence electrons. The van der Waals surface area contributed by atoms with Gasteiger partial charge in [-0.05, 0) is 23.8 Å². The number of hydrogen-bond donors (Lipinski definition) is 1. The molecule has 1 heterocycles. The summed E-state index contributed by atoms with van der Waals surface area (Å²) in [5.41, 5.74) is 2.38. The molecule has 0 aliphatic carbocycles. The van der Waals surface area contributed by atoms with E-state index >= 15 is 0 Å². The van der Waals surface area contributed by atoms with Crippen molar-refractivity contribution in [3.05, 3.63) is 60.2 Å². The van der Waals surface area contributed by atoms with E-state index in [1.54, 1.807) is 11.8 Å². The van der Waals surface area contributed by atoms with E-state index in [1.165, 1.54) is 10.5 Å². The topological polar surface area (TPSA) is 24.4 Å². The summed E-state index contributed by atoms with van der Waals surface area (Å²) >= 11 is 1.69. The minimum Gasteiger partial charge on any atom is -0.335 e. The van der Waals surface area contributed by atoms with Crippen molar-refractivity contribution in [2.75, 3.05) is 5.32 Å². The van der Waals surface area contributed by atoms with Crippen LogP contribution in [0.4, 0.5) is 5.69 Å². The predicted octanol–water partition coefficient (Wildman–Crippen LogP) is 3.76. The lowest BCUT2D eigenvalue weighted by Gasteiger charge is -2.16. The highest BCUT2D eigenvalue weighted by Gasteiger charge is 2.12. The Kier molecular flexibility index (Phi) is 2.84. The molecule has 1 N–H and O–H groups in total. The van der Waals surface area contributed by atoms with Crippen LogP contribution in [0.15, 0.2) is 64.5 Å². The molecule has 1 aliphatic rings. The summed E-state index contributed by atoms with van der Waals surface area (Å²) in [5, 5.41) is 4.30. The van der Waals surface area contributed by atoms with E-state index in [9.17, 15) is 0 Å². The quantitative estimate of drug-likeness (QED) is 0.820. The zero-order valence-electron chi connectivity index (χ0n) is 9.26. The van der Waals surface area contributed by atoms with Crippen molar-refractivity contribution in [3.63, 3.8) is 0 Å². The molecular weight excluding hydrogens is 228 g/mol. The van der Waals surface area contributed by atoms with Crippen LogP contribution in [0.5, 0.6) is 0 Å². The molecule has 0 bridgehead atoms. The van der Waals surface area contributed by atoms with Crippen molar-refractivity contribution >= 4 is 22.6 Å². The smallest absolute Gasteiger partial charge is 0.166 e. The normalized spacial score (nSPS) is 13.8. The fraction of sp³-hybridized carbons (Fsp3) is 0.0714. The monoisotopic (exact) mass is 240 g/mol. The Bertz CT molecular complexity index is 549. The van der Waals surface area contributed by atoms with Gasteiger partial charge in [0, 0.05) is 10.6 Å². The molecule has 0 fully saturated rings. The number of aliphatic imine (C=N–C) groups is 1. The summed E-state index contributed by atoms with van der Waals surface area (Å²) in [5.74, 6) is 0. The lowest BCUT2D eigenvalue weighted by Crippen LogP contribution is -2.11. The number of amidine groups is 1. The van der Waals surface area contributed by atoms with Gasteiger partial charge in [0.1, 0.15) is 0 Å². The molecule has 2 nitrogen and oxygen atoms in total. The first-order valence-electron chi connectivity index (χ1n) is 5.54. The first-order valence-corrected chi connectivity index (χ1v) is 6.36. The number of nitrogens with one attached hydrogen (secondary N) is 1. The second kappa shape index (κ2) is 4.63. The fourth-order valence-electron chi connectivity index (χ4n) is 1.74. The van der Waals surface area contributed by atoms with Crippen molar-refractivity contribution in [1.29, 1.82) is 0 Å². The van der Waals surface area contributed by atoms with Crippen LogP contribution < -0.4 is 5.32 Å². The van der Waals surface area contributed by atoms with Gasteiger partial charge in [-0.25, -0.2) is 0 Å². The maximum Gasteiger partial charge on any atom is 0.166 e. The van der Waals surface area contributed by atoms with Crippen LogP contribution in [0.3, 0.4) is 0 Å². The zero-order chi connectivity index (χ0) is 11.5. The van der Waals surface area contributed by atoms with E-state index in [0.29, 0.717) is 0 Å². The van der Waals surface area contributed by atoms with Gasteiger partial charge >= 0.3 is 0 Å². The third-order valence-corrected chi connectivity index (χ3v) is 3.64. The van der Waals surface area contributed by atoms with Crippen LogP contribution in [-0.2, 0) is 6.54 Å². The van der Waals surface area contributed by atoms with Gasteiger partial charge in [0.2, 0.25) is 0 Å². The van der Waals surface area contributed by atoms with Crippen LogP contribution >= 0.6 is 11.8 Å². The van der Waals surface area contributed by atoms with Crippen molar-refractivity contribution < 1.29 is 0 Å². The molecular formula is C14H12N2S. The minimum absolute atomic E-state index is 0.762. The van der Waals surface area contributed by atoms with Crippen LogP contribution in [-0.4, -0.2) is 5.17 Å². The standard InChI is InChI=1S/C14H12N2S/c1-2-7-12(8-3-1)16-14-15-10-11-6-4-5-9-13(11)17-14/h1-9H,10H2,(H,15,16). The molecule has 0 radical (unpaired) electrons. The third-order valence-electron chi connectivity index (χ3n) is 2.60. The van der Waals surface area contributed by atoms with Crippen LogP contribution in [0.1, 0.15) is 5.56 Å². The lowest BCUT2D eigenvalue weighted by atomic mass is 10.2. The van der Waals surface area contributed by atoms with E-state index < -0.39 is 0 Å². The SMILES string of the molecule is c1ccc(NC2=NCc3ccccc3S2)cc1. The van der Waals surface area contributed by atoms with Gasteiger partial charge in [0.15, 0.2) is 5.17 Å². The number of rotatable bonds is 1. The molecule has 2 aromatic carbocycles. The zero-order valence-corrected chi connectivity index (χ0v) is 10.1. The summed E-state index contributed by atoms with van der Waals surface area (Å²) in [6.07, 6.45) is 0. The molecule has 3 rings (SSSR count). The van der Waals surface area contributed by atoms with E-state index in [-0.39, 0.29) is 0 Å². The average Bonchev–Trinajstić information content (AvgIpc) is 2.40. The number of anilines is 1. The Labute approximate surface area is 105 Å². The van der Waals surface area contributed by atoms with Crippen molar-refractivity contribution in [1.82, 2.24) is 0 Å². The number of benzene rings is 2. The summed E-state index contributed by atoms with van der Waals surface area (Å²) in [7, 11) is 0. The Balaban J connectivity index is 1.78. The van der Waals surface area contributed by atoms with Crippen LogP contribution in [0.2, 0.25) is 0 Å². The lowest BCUT2D eigenvalue weighted by molar-refractivity contribution is 1.02. The highest BCUT2D eigenvalue weighted by molar-refractivity contribution is 8.14. The Hall–Kier alpha value is -1.74. The van der Waals surface area contributed by atoms with Gasteiger partial charge in [-0.1, -0.05) is 48.2 Å². The molecule has 0 atom stereocenters. The van der Waals surface area contributed by atoms with Crippen molar-refractivity contribution in [2.45, 2.75) is 11.4 Å². The second-order valence-electron chi connectivity index (χ2n) is 3.82. The van der Waals surface area contributed by atoms with Gasteiger partial charge in [0.25, 0.3) is 0 Å². The average molecular weight is 240 g/mol. The summed E-state index contributed by atoms with van der Waals surface area (Å²) < 4.78 is 0. The summed E-state index contributed by atoms with van der Waals surface area (Å²) in [6.45, 7) is 0.762. The third kappa shape index (κ3) is 2.34. The first-order chi connectivity index (χ1) is 8.42. The molecule has 0 amide bonds. The highest BCUT2D eigenvalue weighted by atomic mass is 32.2. The van der Waals surface area contributed by atoms with Crippen molar-refractivity contribution in [2.24, 2.45) is 4.99 Å². The largest absolute Gasteiger partial charge is 0.335 e. The first kappa shape index (κ1) is 10.4. The van der Waals surface area contributed by atoms with Gasteiger partial charge in [-0.3, -0.25) is 4.99 Å². The number of hydrogen-bond acceptors (Lipinski definition) is 3. The Morgan fingerprint density at radius 2 is 1.71 bits per heavy atom. The molecule has 1 aliphatic heterocycles. The van der Waals surface area contributed by atoms with Gasteiger partial charge in [0.05, 0.1) is 6.54 Å². The van der Waals surface area contributed by atoms with Crippen molar-refractivity contribution in [3.8, 4) is 0 Å². The van der Waals surface area contributed by atoms with Gasteiger partial charge in [-0.15, -0.1) is 0 Å². The van der Waals surface area contributed by atoms with Gasteiger partial charge < -0.3 is 5.32 Å². The Morgan fingerprint density at radius 3 is 2.59 bits per heavy atom. The molecule has 0 spiro atoms. The van der Waals surface area contributed by atoms with E-state index in [2.05, 4.69) is 34.6 Å². The second-order valence-corrected chi connectivity index (χ2v) is 4.85. The molecule has 0 aromatic heterocycles. The van der Waals surface area contributed by atoms with E-state index in [1.807, 2.05) is 30.3 Å². The van der Waals surface area contributed by atoms with Gasteiger partial charge in [-0.2, -0.15) is 0 Å². The number of nitrogens with zero attached hydrogens (tertiary/aromatic N) is 1. The number of thioether (sulfide) groups is 1. The molecule has 3 heteroatoms. The maximum absolute atomic E-state index is 4.53. The molecule has 0 saturated carbocycles. The summed E-state index contributed by atoms with van der Waals surface area (Å²) in [4.78, 5) is 5.83. The van der Waals surface area contributed by atoms with E-state index in [0.717, 1.165) is 17.4 Å².